The molecule has 0 radical (unpaired) electrons. The van der Waals surface area contributed by atoms with E-state index in [0.29, 0.717) is 5.01 Å². The lowest BCUT2D eigenvalue weighted by Gasteiger charge is -2.06. The molecule has 0 amide bonds. The molecule has 0 atom stereocenters. The summed E-state index contributed by atoms with van der Waals surface area (Å²) in [5.41, 5.74) is 0.727. The summed E-state index contributed by atoms with van der Waals surface area (Å²) in [4.78, 5) is 30.4. The highest BCUT2D eigenvalue weighted by atomic mass is 32.1. The number of hydrogen-bond donors (Lipinski definition) is 1. The molecule has 6 heteroatoms. The highest BCUT2D eigenvalue weighted by Gasteiger charge is 2.25. The molecule has 0 saturated heterocycles. The van der Waals surface area contributed by atoms with Crippen molar-refractivity contribution in [3.63, 3.8) is 0 Å². The quantitative estimate of drug-likeness (QED) is 0.394. The van der Waals surface area contributed by atoms with Gasteiger partial charge in [0.15, 0.2) is 5.01 Å². The number of hydrogen-bond acceptors (Lipinski definition) is 5. The number of rotatable bonds is 4. The number of aliphatic carboxylic acids is 1. The van der Waals surface area contributed by atoms with Crippen molar-refractivity contribution in [3.05, 3.63) is 27.4 Å². The smallest absolute Gasteiger partial charge is 0.341 e. The fourth-order valence-electron chi connectivity index (χ4n) is 2.03. The van der Waals surface area contributed by atoms with Crippen LogP contribution >= 0.6 is 11.3 Å². The summed E-state index contributed by atoms with van der Waals surface area (Å²) in [6, 6.07) is 0. The maximum absolute atomic E-state index is 12.2. The number of carboxylic acids is 1. The first-order valence-corrected chi connectivity index (χ1v) is 6.95. The summed E-state index contributed by atoms with van der Waals surface area (Å²) >= 11 is 1.33. The molecule has 1 aromatic rings. The van der Waals surface area contributed by atoms with Crippen molar-refractivity contribution in [2.75, 3.05) is 14.1 Å². The third kappa shape index (κ3) is 3.01. The molecule has 1 aliphatic rings. The van der Waals surface area contributed by atoms with Gasteiger partial charge >= 0.3 is 5.97 Å². The highest BCUT2D eigenvalue weighted by molar-refractivity contribution is 7.14. The zero-order valence-corrected chi connectivity index (χ0v) is 11.8. The fraction of sp³-hybridized carbons (Fsp3) is 0.462. The summed E-state index contributed by atoms with van der Waals surface area (Å²) in [7, 11) is 3.37. The second-order valence-electron chi connectivity index (χ2n) is 4.74. The van der Waals surface area contributed by atoms with Crippen LogP contribution in [0.1, 0.15) is 33.2 Å². The number of carbonyl (C=O) groups is 2. The standard InChI is InChI=1S/C13H16N2O3S/c1-15(2)7-8(13(17)18)11(16)12-14-9-5-3-4-6-10(9)19-12/h7H,3-6H2,1-2H3,(H,17,18)/b8-7+. The van der Waals surface area contributed by atoms with Gasteiger partial charge in [-0.1, -0.05) is 0 Å². The van der Waals surface area contributed by atoms with Gasteiger partial charge in [0, 0.05) is 25.2 Å². The average Bonchev–Trinajstić information content (AvgIpc) is 2.78. The minimum absolute atomic E-state index is 0.240. The van der Waals surface area contributed by atoms with Crippen LogP contribution in [-0.4, -0.2) is 40.8 Å². The third-order valence-corrected chi connectivity index (χ3v) is 4.06. The van der Waals surface area contributed by atoms with Gasteiger partial charge in [-0.15, -0.1) is 11.3 Å². The van der Waals surface area contributed by atoms with Gasteiger partial charge < -0.3 is 10.0 Å². The molecule has 0 bridgehead atoms. The lowest BCUT2D eigenvalue weighted by atomic mass is 10.0. The summed E-state index contributed by atoms with van der Waals surface area (Å²) in [5, 5.41) is 9.41. The Bertz CT molecular complexity index is 523. The number of ketones is 1. The van der Waals surface area contributed by atoms with Crippen LogP contribution in [-0.2, 0) is 17.6 Å². The van der Waals surface area contributed by atoms with Crippen LogP contribution in [0, 0.1) is 0 Å². The van der Waals surface area contributed by atoms with Crippen molar-refractivity contribution in [1.82, 2.24) is 9.88 Å². The number of aryl methyl sites for hydroxylation is 2. The van der Waals surface area contributed by atoms with Crippen LogP contribution in [0.5, 0.6) is 0 Å². The molecular weight excluding hydrogens is 264 g/mol. The highest BCUT2D eigenvalue weighted by Crippen LogP contribution is 2.28. The van der Waals surface area contributed by atoms with E-state index in [2.05, 4.69) is 4.98 Å². The summed E-state index contributed by atoms with van der Waals surface area (Å²) in [5.74, 6) is -1.72. The van der Waals surface area contributed by atoms with E-state index >= 15 is 0 Å². The molecule has 0 fully saturated rings. The molecule has 0 aliphatic heterocycles. The Hall–Kier alpha value is -1.69. The molecule has 0 saturated carbocycles. The molecular formula is C13H16N2O3S. The minimum Gasteiger partial charge on any atom is -0.477 e. The van der Waals surface area contributed by atoms with E-state index in [-0.39, 0.29) is 5.57 Å². The predicted octanol–water partition coefficient (Wildman–Crippen LogP) is 1.73. The number of carboxylic acid groups (broad SMARTS) is 1. The van der Waals surface area contributed by atoms with E-state index in [4.69, 9.17) is 5.11 Å². The fourth-order valence-corrected chi connectivity index (χ4v) is 3.14. The molecule has 1 N–H and O–H groups in total. The first-order valence-electron chi connectivity index (χ1n) is 6.14. The van der Waals surface area contributed by atoms with Gasteiger partial charge in [-0.2, -0.15) is 0 Å². The lowest BCUT2D eigenvalue weighted by Crippen LogP contribution is -2.16. The van der Waals surface area contributed by atoms with Crippen LogP contribution in [0.15, 0.2) is 11.8 Å². The zero-order chi connectivity index (χ0) is 14.0. The Balaban J connectivity index is 2.32. The number of fused-ring (bicyclic) bond motifs is 1. The molecule has 1 heterocycles. The topological polar surface area (TPSA) is 70.5 Å². The molecule has 1 aromatic heterocycles. The SMILES string of the molecule is CN(C)/C=C(/C(=O)O)C(=O)c1nc2c(s1)CCCC2. The Morgan fingerprint density at radius 3 is 2.58 bits per heavy atom. The van der Waals surface area contributed by atoms with Crippen LogP contribution in [0.3, 0.4) is 0 Å². The van der Waals surface area contributed by atoms with Gasteiger partial charge in [0.05, 0.1) is 5.69 Å². The van der Waals surface area contributed by atoms with E-state index in [1.54, 1.807) is 19.0 Å². The first-order chi connectivity index (χ1) is 8.99. The van der Waals surface area contributed by atoms with E-state index in [1.807, 2.05) is 0 Å². The second-order valence-corrected chi connectivity index (χ2v) is 5.82. The number of Topliss-reactive ketones (excluding diaryl/α,β-unsaturated/α-hetero) is 1. The Kier molecular flexibility index (Phi) is 3.99. The molecule has 0 unspecified atom stereocenters. The van der Waals surface area contributed by atoms with E-state index < -0.39 is 11.8 Å². The summed E-state index contributed by atoms with van der Waals surface area (Å²) in [6.45, 7) is 0. The van der Waals surface area contributed by atoms with Crippen molar-refractivity contribution in [2.45, 2.75) is 25.7 Å². The van der Waals surface area contributed by atoms with Crippen molar-refractivity contribution in [2.24, 2.45) is 0 Å². The number of nitrogens with zero attached hydrogens (tertiary/aromatic N) is 2. The predicted molar refractivity (Wildman–Crippen MR) is 72.5 cm³/mol. The first kappa shape index (κ1) is 13.7. The summed E-state index contributed by atoms with van der Waals surface area (Å²) in [6.07, 6.45) is 5.36. The molecule has 19 heavy (non-hydrogen) atoms. The normalized spacial score (nSPS) is 14.9. The number of carbonyl (C=O) groups excluding carboxylic acids is 1. The van der Waals surface area contributed by atoms with Crippen molar-refractivity contribution < 1.29 is 14.7 Å². The average molecular weight is 280 g/mol. The zero-order valence-electron chi connectivity index (χ0n) is 11.0. The summed E-state index contributed by atoms with van der Waals surface area (Å²) < 4.78 is 0. The van der Waals surface area contributed by atoms with Crippen LogP contribution in [0.4, 0.5) is 0 Å². The maximum Gasteiger partial charge on any atom is 0.341 e. The largest absolute Gasteiger partial charge is 0.477 e. The second kappa shape index (κ2) is 5.52. The third-order valence-electron chi connectivity index (χ3n) is 2.90. The monoisotopic (exact) mass is 280 g/mol. The van der Waals surface area contributed by atoms with Crippen molar-refractivity contribution in [1.29, 1.82) is 0 Å². The van der Waals surface area contributed by atoms with E-state index in [9.17, 15) is 9.59 Å². The van der Waals surface area contributed by atoms with Gasteiger partial charge in [0.2, 0.25) is 5.78 Å². The van der Waals surface area contributed by atoms with E-state index in [0.717, 1.165) is 36.3 Å². The molecule has 5 nitrogen and oxygen atoms in total. The number of thiazole rings is 1. The van der Waals surface area contributed by atoms with Crippen molar-refractivity contribution in [3.8, 4) is 0 Å². The van der Waals surface area contributed by atoms with Gasteiger partial charge in [-0.3, -0.25) is 4.79 Å². The molecule has 1 aliphatic carbocycles. The Labute approximate surface area is 115 Å². The minimum atomic E-state index is -1.22. The lowest BCUT2D eigenvalue weighted by molar-refractivity contribution is -0.132. The maximum atomic E-state index is 12.2. The van der Waals surface area contributed by atoms with Gasteiger partial charge in [-0.05, 0) is 25.7 Å². The van der Waals surface area contributed by atoms with Gasteiger partial charge in [-0.25, -0.2) is 9.78 Å². The molecule has 0 spiro atoms. The number of aromatic nitrogens is 1. The van der Waals surface area contributed by atoms with Crippen LogP contribution < -0.4 is 0 Å². The molecule has 0 aromatic carbocycles. The van der Waals surface area contributed by atoms with Crippen LogP contribution in [0.25, 0.3) is 0 Å². The Morgan fingerprint density at radius 2 is 2.00 bits per heavy atom. The molecule has 102 valence electrons. The van der Waals surface area contributed by atoms with Crippen LogP contribution in [0.2, 0.25) is 0 Å². The van der Waals surface area contributed by atoms with Gasteiger partial charge in [0.1, 0.15) is 5.57 Å². The van der Waals surface area contributed by atoms with Crippen molar-refractivity contribution >= 4 is 23.1 Å². The van der Waals surface area contributed by atoms with E-state index in [1.165, 1.54) is 17.5 Å². The molecule has 2 rings (SSSR count). The van der Waals surface area contributed by atoms with Gasteiger partial charge in [0.25, 0.3) is 0 Å². The Morgan fingerprint density at radius 1 is 1.32 bits per heavy atom.